The first kappa shape index (κ1) is 24.6. The predicted molar refractivity (Wildman–Crippen MR) is 96.5 cm³/mol. The van der Waals surface area contributed by atoms with Gasteiger partial charge in [-0.1, -0.05) is 18.2 Å². The fraction of sp³-hybridized carbons (Fsp3) is 0.263. The minimum atomic E-state index is -5.11. The van der Waals surface area contributed by atoms with Crippen molar-refractivity contribution in [3.8, 4) is 0 Å². The monoisotopic (exact) mass is 464 g/mol. The maximum atomic E-state index is 12.9. The molecule has 0 aromatic heterocycles. The van der Waals surface area contributed by atoms with Crippen LogP contribution >= 0.6 is 0 Å². The van der Waals surface area contributed by atoms with Crippen molar-refractivity contribution in [1.82, 2.24) is 5.32 Å². The molecular formula is C19H14F6N2O5. The maximum absolute atomic E-state index is 12.9. The zero-order valence-corrected chi connectivity index (χ0v) is 15.8. The van der Waals surface area contributed by atoms with Crippen molar-refractivity contribution in [3.63, 3.8) is 0 Å². The zero-order chi connectivity index (χ0) is 24.3. The van der Waals surface area contributed by atoms with E-state index in [1.54, 1.807) is 0 Å². The molecule has 0 saturated carbocycles. The second-order valence-electron chi connectivity index (χ2n) is 6.64. The molecule has 1 amide bonds. The molecule has 32 heavy (non-hydrogen) atoms. The lowest BCUT2D eigenvalue weighted by Gasteiger charge is -2.16. The van der Waals surface area contributed by atoms with Gasteiger partial charge in [-0.2, -0.15) is 26.3 Å². The smallest absolute Gasteiger partial charge is 0.416 e. The molecule has 1 atom stereocenters. The number of rotatable bonds is 7. The Kier molecular flexibility index (Phi) is 7.11. The summed E-state index contributed by atoms with van der Waals surface area (Å²) in [6.45, 7) is 0. The standard InChI is InChI=1S/C19H14F6N2O5/c20-18(21,22)12-5-10(6-13(9-12)19(23,24)25)7-16(28)26-14(17(29)30)8-11-3-1-2-4-15(11)27(31)32/h1-6,9,14H,7-8H2,(H,26,28)(H,29,30)/t14-/m0/s1. The molecule has 0 aliphatic rings. The van der Waals surface area contributed by atoms with Gasteiger partial charge in [-0.15, -0.1) is 0 Å². The summed E-state index contributed by atoms with van der Waals surface area (Å²) < 4.78 is 77.6. The summed E-state index contributed by atoms with van der Waals surface area (Å²) in [6, 6.07) is 3.98. The summed E-state index contributed by atoms with van der Waals surface area (Å²) >= 11 is 0. The SMILES string of the molecule is O=C(Cc1cc(C(F)(F)F)cc(C(F)(F)F)c1)N[C@@H](Cc1ccccc1[N+](=O)[O-])C(=O)O. The number of carboxylic acid groups (broad SMARTS) is 1. The van der Waals surface area contributed by atoms with Crippen molar-refractivity contribution >= 4 is 17.6 Å². The highest BCUT2D eigenvalue weighted by atomic mass is 19.4. The largest absolute Gasteiger partial charge is 0.480 e. The number of halogens is 6. The third-order valence-corrected chi connectivity index (χ3v) is 4.26. The number of carbonyl (C=O) groups excluding carboxylic acids is 1. The molecule has 0 unspecified atom stereocenters. The number of amides is 1. The first-order chi connectivity index (χ1) is 14.7. The molecule has 172 valence electrons. The molecular weight excluding hydrogens is 450 g/mol. The average Bonchev–Trinajstić information content (AvgIpc) is 2.66. The summed E-state index contributed by atoms with van der Waals surface area (Å²) in [5, 5.41) is 22.3. The van der Waals surface area contributed by atoms with Gasteiger partial charge in [0, 0.05) is 18.1 Å². The van der Waals surface area contributed by atoms with Gasteiger partial charge in [0.25, 0.3) is 5.69 Å². The third kappa shape index (κ3) is 6.43. The zero-order valence-electron chi connectivity index (χ0n) is 15.8. The molecule has 0 aliphatic heterocycles. The lowest BCUT2D eigenvalue weighted by Crippen LogP contribution is -2.43. The fourth-order valence-corrected chi connectivity index (χ4v) is 2.83. The summed E-state index contributed by atoms with van der Waals surface area (Å²) in [6.07, 6.45) is -11.7. The van der Waals surface area contributed by atoms with E-state index in [-0.39, 0.29) is 11.6 Å². The Labute approximate surface area is 175 Å². The van der Waals surface area contributed by atoms with Crippen LogP contribution in [-0.2, 0) is 34.8 Å². The lowest BCUT2D eigenvalue weighted by atomic mass is 10.0. The molecule has 0 heterocycles. The fourth-order valence-electron chi connectivity index (χ4n) is 2.83. The predicted octanol–water partition coefficient (Wildman–Crippen LogP) is 3.99. The lowest BCUT2D eigenvalue weighted by molar-refractivity contribution is -0.385. The first-order valence-corrected chi connectivity index (χ1v) is 8.71. The van der Waals surface area contributed by atoms with E-state index in [9.17, 15) is 51.2 Å². The van der Waals surface area contributed by atoms with Crippen LogP contribution in [0.3, 0.4) is 0 Å². The molecule has 2 N–H and O–H groups in total. The van der Waals surface area contributed by atoms with Crippen molar-refractivity contribution < 1.29 is 46.0 Å². The van der Waals surface area contributed by atoms with Crippen LogP contribution in [0.1, 0.15) is 22.3 Å². The van der Waals surface area contributed by atoms with E-state index in [0.29, 0.717) is 12.1 Å². The van der Waals surface area contributed by atoms with Crippen LogP contribution in [0.4, 0.5) is 32.0 Å². The Morgan fingerprint density at radius 2 is 1.53 bits per heavy atom. The van der Waals surface area contributed by atoms with Crippen molar-refractivity contribution in [3.05, 3.63) is 74.8 Å². The van der Waals surface area contributed by atoms with Crippen molar-refractivity contribution in [2.45, 2.75) is 31.2 Å². The molecule has 2 aromatic rings. The highest BCUT2D eigenvalue weighted by molar-refractivity contribution is 5.85. The second-order valence-corrected chi connectivity index (χ2v) is 6.64. The number of nitrogens with zero attached hydrogens (tertiary/aromatic N) is 1. The van der Waals surface area contributed by atoms with Gasteiger partial charge in [-0.3, -0.25) is 14.9 Å². The molecule has 2 rings (SSSR count). The Balaban J connectivity index is 2.26. The Morgan fingerprint density at radius 3 is 2.00 bits per heavy atom. The van der Waals surface area contributed by atoms with Gasteiger partial charge in [0.05, 0.1) is 22.5 Å². The molecule has 2 aromatic carbocycles. The number of nitrogens with one attached hydrogen (secondary N) is 1. The Morgan fingerprint density at radius 1 is 1.00 bits per heavy atom. The second kappa shape index (κ2) is 9.24. The van der Waals surface area contributed by atoms with Crippen LogP contribution in [0.25, 0.3) is 0 Å². The van der Waals surface area contributed by atoms with Crippen LogP contribution in [0.15, 0.2) is 42.5 Å². The molecule has 0 fully saturated rings. The summed E-state index contributed by atoms with van der Waals surface area (Å²) in [4.78, 5) is 33.9. The van der Waals surface area contributed by atoms with Crippen molar-refractivity contribution in [2.24, 2.45) is 0 Å². The number of carbonyl (C=O) groups is 2. The molecule has 0 aliphatic carbocycles. The molecule has 0 saturated heterocycles. The first-order valence-electron chi connectivity index (χ1n) is 8.71. The normalized spacial score (nSPS) is 12.8. The van der Waals surface area contributed by atoms with E-state index >= 15 is 0 Å². The van der Waals surface area contributed by atoms with E-state index < -0.39 is 70.4 Å². The number of benzene rings is 2. The van der Waals surface area contributed by atoms with Gasteiger partial charge in [-0.25, -0.2) is 4.79 Å². The van der Waals surface area contributed by atoms with E-state index in [2.05, 4.69) is 0 Å². The quantitative estimate of drug-likeness (QED) is 0.366. The topological polar surface area (TPSA) is 110 Å². The highest BCUT2D eigenvalue weighted by Gasteiger charge is 2.37. The third-order valence-electron chi connectivity index (χ3n) is 4.26. The van der Waals surface area contributed by atoms with Crippen LogP contribution in [0.2, 0.25) is 0 Å². The minimum absolute atomic E-state index is 0.0383. The number of hydrogen-bond donors (Lipinski definition) is 2. The van der Waals surface area contributed by atoms with E-state index in [4.69, 9.17) is 0 Å². The molecule has 7 nitrogen and oxygen atoms in total. The molecule has 0 radical (unpaired) electrons. The summed E-state index contributed by atoms with van der Waals surface area (Å²) in [5.74, 6) is -2.78. The molecule has 0 bridgehead atoms. The number of nitro benzene ring substituents is 1. The van der Waals surface area contributed by atoms with Crippen molar-refractivity contribution in [2.75, 3.05) is 0 Å². The average molecular weight is 464 g/mol. The number of alkyl halides is 6. The van der Waals surface area contributed by atoms with Gasteiger partial charge >= 0.3 is 18.3 Å². The summed E-state index contributed by atoms with van der Waals surface area (Å²) in [5.41, 5.74) is -4.33. The number of para-hydroxylation sites is 1. The van der Waals surface area contributed by atoms with Crippen molar-refractivity contribution in [1.29, 1.82) is 0 Å². The molecule has 0 spiro atoms. The van der Waals surface area contributed by atoms with Gasteiger partial charge < -0.3 is 10.4 Å². The van der Waals surface area contributed by atoms with Gasteiger partial charge in [0.1, 0.15) is 6.04 Å². The highest BCUT2D eigenvalue weighted by Crippen LogP contribution is 2.36. The Bertz CT molecular complexity index is 1000. The van der Waals surface area contributed by atoms with Crippen LogP contribution in [-0.4, -0.2) is 27.9 Å². The number of carboxylic acids is 1. The van der Waals surface area contributed by atoms with E-state index in [1.807, 2.05) is 5.32 Å². The van der Waals surface area contributed by atoms with E-state index in [0.717, 1.165) is 6.07 Å². The van der Waals surface area contributed by atoms with Gasteiger partial charge in [0.15, 0.2) is 0 Å². The van der Waals surface area contributed by atoms with Crippen LogP contribution < -0.4 is 5.32 Å². The number of hydrogen-bond acceptors (Lipinski definition) is 4. The number of aliphatic carboxylic acids is 1. The minimum Gasteiger partial charge on any atom is -0.480 e. The molecule has 13 heteroatoms. The Hall–Kier alpha value is -3.64. The van der Waals surface area contributed by atoms with Crippen LogP contribution in [0, 0.1) is 10.1 Å². The summed E-state index contributed by atoms with van der Waals surface area (Å²) in [7, 11) is 0. The van der Waals surface area contributed by atoms with E-state index in [1.165, 1.54) is 18.2 Å². The van der Waals surface area contributed by atoms with Gasteiger partial charge in [-0.05, 0) is 23.8 Å². The van der Waals surface area contributed by atoms with Gasteiger partial charge in [0.2, 0.25) is 5.91 Å². The number of nitro groups is 1. The maximum Gasteiger partial charge on any atom is 0.416 e. The van der Waals surface area contributed by atoms with Crippen LogP contribution in [0.5, 0.6) is 0 Å².